The van der Waals surface area contributed by atoms with Crippen LogP contribution in [0.1, 0.15) is 5.56 Å². The Morgan fingerprint density at radius 2 is 1.61 bits per heavy atom. The van der Waals surface area contributed by atoms with Crippen LogP contribution in [-0.2, 0) is 17.2 Å². The van der Waals surface area contributed by atoms with Gasteiger partial charge in [-0.15, -0.1) is 0 Å². The van der Waals surface area contributed by atoms with E-state index in [2.05, 4.69) is 0 Å². The van der Waals surface area contributed by atoms with Crippen molar-refractivity contribution in [1.82, 2.24) is 0 Å². The van der Waals surface area contributed by atoms with Crippen LogP contribution in [0.15, 0.2) is 53.4 Å². The standard InChI is InChI=1S/C14H14FNOS/c15-12-3-7-14(8-4-12)18(17)10-9-11-1-5-13(16)6-2-11/h1-8H,9-10,16H2. The molecule has 94 valence electrons. The summed E-state index contributed by atoms with van der Waals surface area (Å²) in [6, 6.07) is 13.3. The summed E-state index contributed by atoms with van der Waals surface area (Å²) in [4.78, 5) is 0.659. The maximum atomic E-state index is 12.7. The molecule has 0 fully saturated rings. The molecular weight excluding hydrogens is 249 g/mol. The monoisotopic (exact) mass is 263 g/mol. The first-order valence-electron chi connectivity index (χ1n) is 5.63. The molecule has 2 nitrogen and oxygen atoms in total. The molecule has 1 atom stereocenters. The van der Waals surface area contributed by atoms with E-state index in [9.17, 15) is 8.60 Å². The number of hydrogen-bond donors (Lipinski definition) is 1. The van der Waals surface area contributed by atoms with Crippen LogP contribution in [0.25, 0.3) is 0 Å². The lowest BCUT2D eigenvalue weighted by molar-refractivity contribution is 0.626. The van der Waals surface area contributed by atoms with Gasteiger partial charge in [0.25, 0.3) is 0 Å². The smallest absolute Gasteiger partial charge is 0.123 e. The first kappa shape index (κ1) is 12.8. The molecule has 0 saturated carbocycles. The summed E-state index contributed by atoms with van der Waals surface area (Å²) >= 11 is 0. The molecule has 2 aromatic carbocycles. The molecular formula is C14H14FNOS. The first-order chi connectivity index (χ1) is 8.65. The molecule has 0 aliphatic rings. The van der Waals surface area contributed by atoms with Crippen molar-refractivity contribution in [3.63, 3.8) is 0 Å². The number of halogens is 1. The molecule has 2 aromatic rings. The van der Waals surface area contributed by atoms with Gasteiger partial charge in [-0.25, -0.2) is 4.39 Å². The van der Waals surface area contributed by atoms with Crippen LogP contribution in [0, 0.1) is 5.82 Å². The third-order valence-electron chi connectivity index (χ3n) is 2.63. The number of nitrogens with two attached hydrogens (primary N) is 1. The predicted octanol–water partition coefficient (Wildman–Crippen LogP) is 2.76. The second kappa shape index (κ2) is 5.78. The van der Waals surface area contributed by atoms with Crippen LogP contribution in [0.2, 0.25) is 0 Å². The van der Waals surface area contributed by atoms with Crippen LogP contribution >= 0.6 is 0 Å². The van der Waals surface area contributed by atoms with Crippen molar-refractivity contribution in [3.05, 3.63) is 59.9 Å². The zero-order valence-electron chi connectivity index (χ0n) is 9.80. The van der Waals surface area contributed by atoms with E-state index in [1.165, 1.54) is 12.1 Å². The SMILES string of the molecule is Nc1ccc(CCS(=O)c2ccc(F)cc2)cc1. The zero-order valence-corrected chi connectivity index (χ0v) is 10.6. The molecule has 0 radical (unpaired) electrons. The molecule has 0 spiro atoms. The highest BCUT2D eigenvalue weighted by molar-refractivity contribution is 7.85. The summed E-state index contributed by atoms with van der Waals surface area (Å²) in [6.45, 7) is 0. The Hall–Kier alpha value is -1.68. The molecule has 0 saturated heterocycles. The van der Waals surface area contributed by atoms with Gasteiger partial charge in [0.05, 0.1) is 10.8 Å². The molecule has 0 amide bonds. The number of benzene rings is 2. The Morgan fingerprint density at radius 3 is 2.22 bits per heavy atom. The van der Waals surface area contributed by atoms with Crippen molar-refractivity contribution in [1.29, 1.82) is 0 Å². The molecule has 1 unspecified atom stereocenters. The topological polar surface area (TPSA) is 43.1 Å². The molecule has 0 aliphatic carbocycles. The third kappa shape index (κ3) is 3.40. The summed E-state index contributed by atoms with van der Waals surface area (Å²) in [6.07, 6.45) is 0.713. The molecule has 0 bridgehead atoms. The van der Waals surface area contributed by atoms with Crippen molar-refractivity contribution in [3.8, 4) is 0 Å². The van der Waals surface area contributed by atoms with Crippen LogP contribution in [0.3, 0.4) is 0 Å². The minimum absolute atomic E-state index is 0.311. The fraction of sp³-hybridized carbons (Fsp3) is 0.143. The highest BCUT2D eigenvalue weighted by atomic mass is 32.2. The lowest BCUT2D eigenvalue weighted by atomic mass is 10.2. The number of hydrogen-bond acceptors (Lipinski definition) is 2. The lowest BCUT2D eigenvalue weighted by Crippen LogP contribution is -2.01. The zero-order chi connectivity index (χ0) is 13.0. The first-order valence-corrected chi connectivity index (χ1v) is 6.95. The Labute approximate surface area is 108 Å². The summed E-state index contributed by atoms with van der Waals surface area (Å²) in [5.74, 6) is 0.213. The van der Waals surface area contributed by atoms with E-state index in [0.29, 0.717) is 17.1 Å². The van der Waals surface area contributed by atoms with Gasteiger partial charge in [-0.1, -0.05) is 12.1 Å². The van der Waals surface area contributed by atoms with Gasteiger partial charge in [0.1, 0.15) is 5.82 Å². The highest BCUT2D eigenvalue weighted by Crippen LogP contribution is 2.11. The fourth-order valence-corrected chi connectivity index (χ4v) is 2.70. The van der Waals surface area contributed by atoms with Crippen LogP contribution in [0.5, 0.6) is 0 Å². The lowest BCUT2D eigenvalue weighted by Gasteiger charge is -2.03. The van der Waals surface area contributed by atoms with Crippen LogP contribution in [0.4, 0.5) is 10.1 Å². The Balaban J connectivity index is 1.96. The third-order valence-corrected chi connectivity index (χ3v) is 4.01. The molecule has 2 rings (SSSR count). The number of anilines is 1. The van der Waals surface area contributed by atoms with Crippen molar-refractivity contribution in [2.75, 3.05) is 11.5 Å². The van der Waals surface area contributed by atoms with Crippen molar-refractivity contribution in [2.24, 2.45) is 0 Å². The Morgan fingerprint density at radius 1 is 1.00 bits per heavy atom. The van der Waals surface area contributed by atoms with Crippen molar-refractivity contribution >= 4 is 16.5 Å². The van der Waals surface area contributed by atoms with E-state index in [4.69, 9.17) is 5.73 Å². The maximum Gasteiger partial charge on any atom is 0.123 e. The van der Waals surface area contributed by atoms with E-state index >= 15 is 0 Å². The van der Waals surface area contributed by atoms with Gasteiger partial charge in [-0.05, 0) is 48.4 Å². The minimum atomic E-state index is -1.10. The summed E-state index contributed by atoms with van der Waals surface area (Å²) < 4.78 is 24.7. The molecule has 0 heterocycles. The number of aryl methyl sites for hydroxylation is 1. The second-order valence-corrected chi connectivity index (χ2v) is 5.57. The van der Waals surface area contributed by atoms with E-state index in [-0.39, 0.29) is 5.82 Å². The van der Waals surface area contributed by atoms with Gasteiger partial charge < -0.3 is 5.73 Å². The molecule has 2 N–H and O–H groups in total. The largest absolute Gasteiger partial charge is 0.399 e. The molecule has 0 aromatic heterocycles. The van der Waals surface area contributed by atoms with E-state index in [1.54, 1.807) is 12.1 Å². The van der Waals surface area contributed by atoms with E-state index in [1.807, 2.05) is 24.3 Å². The Kier molecular flexibility index (Phi) is 4.10. The fourth-order valence-electron chi connectivity index (χ4n) is 1.60. The Bertz CT molecular complexity index is 537. The molecule has 4 heteroatoms. The van der Waals surface area contributed by atoms with Crippen molar-refractivity contribution < 1.29 is 8.60 Å². The van der Waals surface area contributed by atoms with Gasteiger partial charge in [-0.3, -0.25) is 4.21 Å². The highest BCUT2D eigenvalue weighted by Gasteiger charge is 2.04. The van der Waals surface area contributed by atoms with Gasteiger partial charge >= 0.3 is 0 Å². The van der Waals surface area contributed by atoms with Gasteiger partial charge in [0.2, 0.25) is 0 Å². The quantitative estimate of drug-likeness (QED) is 0.862. The van der Waals surface area contributed by atoms with Crippen molar-refractivity contribution in [2.45, 2.75) is 11.3 Å². The summed E-state index contributed by atoms with van der Waals surface area (Å²) in [5.41, 5.74) is 7.41. The normalized spacial score (nSPS) is 12.3. The maximum absolute atomic E-state index is 12.7. The van der Waals surface area contributed by atoms with E-state index in [0.717, 1.165) is 11.3 Å². The summed E-state index contributed by atoms with van der Waals surface area (Å²) in [5, 5.41) is 0. The molecule has 18 heavy (non-hydrogen) atoms. The average Bonchev–Trinajstić information content (AvgIpc) is 2.38. The average molecular weight is 263 g/mol. The molecule has 0 aliphatic heterocycles. The number of rotatable bonds is 4. The minimum Gasteiger partial charge on any atom is -0.399 e. The van der Waals surface area contributed by atoms with E-state index < -0.39 is 10.8 Å². The van der Waals surface area contributed by atoms with Gasteiger partial charge in [-0.2, -0.15) is 0 Å². The predicted molar refractivity (Wildman–Crippen MR) is 72.2 cm³/mol. The van der Waals surface area contributed by atoms with Crippen LogP contribution in [-0.4, -0.2) is 9.96 Å². The van der Waals surface area contributed by atoms with Gasteiger partial charge in [0, 0.05) is 16.3 Å². The van der Waals surface area contributed by atoms with Crippen LogP contribution < -0.4 is 5.73 Å². The number of nitrogen functional groups attached to an aromatic ring is 1. The van der Waals surface area contributed by atoms with Gasteiger partial charge in [0.15, 0.2) is 0 Å². The summed E-state index contributed by atoms with van der Waals surface area (Å²) in [7, 11) is -1.10. The second-order valence-electron chi connectivity index (χ2n) is 4.00.